The molecular weight excluding hydrogens is 300 g/mol. The lowest BCUT2D eigenvalue weighted by Gasteiger charge is -2.22. The summed E-state index contributed by atoms with van der Waals surface area (Å²) in [5, 5.41) is 10.2. The minimum atomic E-state index is -0.335. The zero-order valence-corrected chi connectivity index (χ0v) is 12.7. The van der Waals surface area contributed by atoms with E-state index in [2.05, 4.69) is 0 Å². The average molecular weight is 317 g/mol. The number of nitrogens with zero attached hydrogens (tertiary/aromatic N) is 1. The SMILES string of the molecule is COCCN(CCC(N)=S)C(=O)c1cc(Cl)ccc1O. The number of carbonyl (C=O) groups excluding carboxylic acids is 1. The molecule has 3 N–H and O–H groups in total. The van der Waals surface area contributed by atoms with Crippen LogP contribution in [0.5, 0.6) is 5.75 Å². The zero-order chi connectivity index (χ0) is 15.1. The van der Waals surface area contributed by atoms with E-state index in [4.69, 9.17) is 34.3 Å². The molecule has 0 atom stereocenters. The molecular formula is C13H17ClN2O3S. The van der Waals surface area contributed by atoms with E-state index in [1.54, 1.807) is 7.11 Å². The fraction of sp³-hybridized carbons (Fsp3) is 0.385. The molecule has 0 saturated heterocycles. The molecule has 110 valence electrons. The second-order valence-corrected chi connectivity index (χ2v) is 5.12. The molecule has 0 fully saturated rings. The first kappa shape index (κ1) is 16.7. The molecule has 0 aliphatic heterocycles. The summed E-state index contributed by atoms with van der Waals surface area (Å²) in [5.41, 5.74) is 5.60. The third kappa shape index (κ3) is 4.96. The second-order valence-electron chi connectivity index (χ2n) is 4.16. The molecule has 1 rings (SSSR count). The lowest BCUT2D eigenvalue weighted by Crippen LogP contribution is -2.36. The number of methoxy groups -OCH3 is 1. The predicted molar refractivity (Wildman–Crippen MR) is 82.3 cm³/mol. The number of halogens is 1. The van der Waals surface area contributed by atoms with Crippen molar-refractivity contribution in [1.29, 1.82) is 0 Å². The molecule has 0 spiro atoms. The molecule has 0 heterocycles. The molecule has 0 radical (unpaired) electrons. The number of aromatic hydroxyl groups is 1. The normalized spacial score (nSPS) is 10.3. The number of benzene rings is 1. The molecule has 0 bridgehead atoms. The number of rotatable bonds is 7. The van der Waals surface area contributed by atoms with Gasteiger partial charge in [-0.25, -0.2) is 0 Å². The molecule has 1 aromatic carbocycles. The highest BCUT2D eigenvalue weighted by molar-refractivity contribution is 7.80. The maximum absolute atomic E-state index is 12.4. The number of carbonyl (C=O) groups is 1. The Balaban J connectivity index is 2.90. The van der Waals surface area contributed by atoms with Gasteiger partial charge in [-0.3, -0.25) is 4.79 Å². The minimum absolute atomic E-state index is 0.114. The molecule has 0 aromatic heterocycles. The fourth-order valence-corrected chi connectivity index (χ4v) is 1.87. The summed E-state index contributed by atoms with van der Waals surface area (Å²) < 4.78 is 4.97. The zero-order valence-electron chi connectivity index (χ0n) is 11.1. The number of phenolic OH excluding ortho intramolecular Hbond substituents is 1. The van der Waals surface area contributed by atoms with Gasteiger partial charge in [0.2, 0.25) is 0 Å². The highest BCUT2D eigenvalue weighted by Gasteiger charge is 2.19. The summed E-state index contributed by atoms with van der Waals surface area (Å²) in [4.78, 5) is 14.3. The van der Waals surface area contributed by atoms with Crippen LogP contribution in [-0.4, -0.2) is 47.7 Å². The van der Waals surface area contributed by atoms with Crippen LogP contribution in [0.3, 0.4) is 0 Å². The number of nitrogens with two attached hydrogens (primary N) is 1. The number of hydrogen-bond donors (Lipinski definition) is 2. The third-order valence-corrected chi connectivity index (χ3v) is 3.11. The molecule has 0 aliphatic rings. The van der Waals surface area contributed by atoms with Gasteiger partial charge in [-0.05, 0) is 18.2 Å². The molecule has 0 unspecified atom stereocenters. The summed E-state index contributed by atoms with van der Waals surface area (Å²) in [6, 6.07) is 4.33. The summed E-state index contributed by atoms with van der Waals surface area (Å²) in [6.07, 6.45) is 0.409. The largest absolute Gasteiger partial charge is 0.507 e. The van der Waals surface area contributed by atoms with Gasteiger partial charge in [0.25, 0.3) is 5.91 Å². The van der Waals surface area contributed by atoms with Crippen LogP contribution >= 0.6 is 23.8 Å². The molecule has 1 aromatic rings. The Labute approximate surface area is 128 Å². The number of hydrogen-bond acceptors (Lipinski definition) is 4. The summed E-state index contributed by atoms with van der Waals surface area (Å²) in [6.45, 7) is 1.12. The quantitative estimate of drug-likeness (QED) is 0.750. The maximum Gasteiger partial charge on any atom is 0.257 e. The smallest absolute Gasteiger partial charge is 0.257 e. The van der Waals surface area contributed by atoms with Gasteiger partial charge in [-0.15, -0.1) is 0 Å². The van der Waals surface area contributed by atoms with Crippen molar-refractivity contribution in [3.05, 3.63) is 28.8 Å². The number of amides is 1. The van der Waals surface area contributed by atoms with Crippen molar-refractivity contribution in [2.24, 2.45) is 5.73 Å². The Hall–Kier alpha value is -1.37. The van der Waals surface area contributed by atoms with E-state index >= 15 is 0 Å². The van der Waals surface area contributed by atoms with Crippen LogP contribution < -0.4 is 5.73 Å². The van der Waals surface area contributed by atoms with Crippen LogP contribution in [0.1, 0.15) is 16.8 Å². The Morgan fingerprint density at radius 3 is 2.80 bits per heavy atom. The second kappa shape index (κ2) is 8.04. The molecule has 1 amide bonds. The number of thiocarbonyl (C=S) groups is 1. The molecule has 0 saturated carbocycles. The van der Waals surface area contributed by atoms with Gasteiger partial charge in [-0.2, -0.15) is 0 Å². The van der Waals surface area contributed by atoms with E-state index in [-0.39, 0.29) is 17.2 Å². The topological polar surface area (TPSA) is 75.8 Å². The van der Waals surface area contributed by atoms with Gasteiger partial charge in [-0.1, -0.05) is 23.8 Å². The van der Waals surface area contributed by atoms with Crippen LogP contribution in [0.4, 0.5) is 0 Å². The molecule has 5 nitrogen and oxygen atoms in total. The first-order valence-corrected chi connectivity index (χ1v) is 6.79. The van der Waals surface area contributed by atoms with Crippen molar-refractivity contribution in [1.82, 2.24) is 4.90 Å². The Morgan fingerprint density at radius 2 is 2.20 bits per heavy atom. The lowest BCUT2D eigenvalue weighted by molar-refractivity contribution is 0.0698. The van der Waals surface area contributed by atoms with Gasteiger partial charge < -0.3 is 20.5 Å². The first-order valence-electron chi connectivity index (χ1n) is 6.00. The van der Waals surface area contributed by atoms with Gasteiger partial charge >= 0.3 is 0 Å². The summed E-state index contributed by atoms with van der Waals surface area (Å²) in [5.74, 6) is -0.449. The molecule has 20 heavy (non-hydrogen) atoms. The van der Waals surface area contributed by atoms with Crippen LogP contribution in [-0.2, 0) is 4.74 Å². The monoisotopic (exact) mass is 316 g/mol. The average Bonchev–Trinajstić information content (AvgIpc) is 2.40. The summed E-state index contributed by atoms with van der Waals surface area (Å²) >= 11 is 10.7. The standard InChI is InChI=1S/C13H17ClN2O3S/c1-19-7-6-16(5-4-12(15)20)13(18)10-8-9(14)2-3-11(10)17/h2-3,8,17H,4-7H2,1H3,(H2,15,20). The fourth-order valence-electron chi connectivity index (χ4n) is 1.61. The Morgan fingerprint density at radius 1 is 1.50 bits per heavy atom. The van der Waals surface area contributed by atoms with Gasteiger partial charge in [0, 0.05) is 31.6 Å². The van der Waals surface area contributed by atoms with Crippen molar-refractivity contribution in [2.45, 2.75) is 6.42 Å². The predicted octanol–water partition coefficient (Wildman–Crippen LogP) is 1.81. The maximum atomic E-state index is 12.4. The van der Waals surface area contributed by atoms with Crippen molar-refractivity contribution in [3.8, 4) is 5.75 Å². The Kier molecular flexibility index (Phi) is 6.70. The minimum Gasteiger partial charge on any atom is -0.507 e. The highest BCUT2D eigenvalue weighted by Crippen LogP contribution is 2.23. The summed E-state index contributed by atoms with van der Waals surface area (Å²) in [7, 11) is 1.55. The van der Waals surface area contributed by atoms with Crippen LogP contribution in [0, 0.1) is 0 Å². The van der Waals surface area contributed by atoms with Crippen molar-refractivity contribution in [2.75, 3.05) is 26.8 Å². The number of ether oxygens (including phenoxy) is 1. The van der Waals surface area contributed by atoms with Crippen molar-refractivity contribution in [3.63, 3.8) is 0 Å². The molecule has 0 aliphatic carbocycles. The first-order chi connectivity index (χ1) is 9.45. The van der Waals surface area contributed by atoms with Crippen LogP contribution in [0.25, 0.3) is 0 Å². The van der Waals surface area contributed by atoms with E-state index in [0.29, 0.717) is 36.1 Å². The van der Waals surface area contributed by atoms with E-state index in [1.165, 1.54) is 23.1 Å². The molecule has 7 heteroatoms. The van der Waals surface area contributed by atoms with Crippen molar-refractivity contribution >= 4 is 34.7 Å². The van der Waals surface area contributed by atoms with E-state index in [0.717, 1.165) is 0 Å². The van der Waals surface area contributed by atoms with Gasteiger partial charge in [0.1, 0.15) is 5.75 Å². The lowest BCUT2D eigenvalue weighted by atomic mass is 10.1. The van der Waals surface area contributed by atoms with Gasteiger partial charge in [0.05, 0.1) is 17.2 Å². The van der Waals surface area contributed by atoms with E-state index < -0.39 is 0 Å². The van der Waals surface area contributed by atoms with E-state index in [9.17, 15) is 9.90 Å². The van der Waals surface area contributed by atoms with E-state index in [1.807, 2.05) is 0 Å². The third-order valence-electron chi connectivity index (χ3n) is 2.67. The van der Waals surface area contributed by atoms with Crippen LogP contribution in [0.15, 0.2) is 18.2 Å². The number of phenols is 1. The van der Waals surface area contributed by atoms with Crippen LogP contribution in [0.2, 0.25) is 5.02 Å². The van der Waals surface area contributed by atoms with Gasteiger partial charge in [0.15, 0.2) is 0 Å². The Bertz CT molecular complexity index is 497. The highest BCUT2D eigenvalue weighted by atomic mass is 35.5. The van der Waals surface area contributed by atoms with Crippen molar-refractivity contribution < 1.29 is 14.6 Å².